The molecule has 5 amide bonds. The minimum atomic E-state index is -1.60. The van der Waals surface area contributed by atoms with Crippen LogP contribution in [0, 0.1) is 0 Å². The van der Waals surface area contributed by atoms with E-state index in [2.05, 4.69) is 21.3 Å². The van der Waals surface area contributed by atoms with Gasteiger partial charge in [-0.1, -0.05) is 20.8 Å². The van der Waals surface area contributed by atoms with Gasteiger partial charge in [0.05, 0.1) is 25.7 Å². The van der Waals surface area contributed by atoms with Crippen LogP contribution in [0.5, 0.6) is 0 Å². The van der Waals surface area contributed by atoms with Crippen molar-refractivity contribution in [2.24, 2.45) is 0 Å². The molecule has 0 saturated carbocycles. The number of Topliss-reactive ketones (excluding diaryl/α,β-unsaturated/α-hetero) is 1. The molecule has 8 atom stereocenters. The van der Waals surface area contributed by atoms with Crippen LogP contribution in [0.4, 0.5) is 0 Å². The molecule has 53 heavy (non-hydrogen) atoms. The molecule has 7 N–H and O–H groups in total. The average Bonchev–Trinajstić information content (AvgIpc) is 3.10. The number of rotatable bonds is 23. The topological polar surface area (TPSA) is 286 Å². The van der Waals surface area contributed by atoms with Gasteiger partial charge in [-0.3, -0.25) is 38.4 Å². The molecule has 0 bridgehead atoms. The number of hydrogen-bond donors (Lipinski definition) is 7. The third-order valence-corrected chi connectivity index (χ3v) is 8.76. The molecule has 1 rings (SSSR count). The maximum Gasteiger partial charge on any atom is 0.305 e. The molecule has 0 aliphatic carbocycles. The fourth-order valence-electron chi connectivity index (χ4n) is 4.65. The van der Waals surface area contributed by atoms with Crippen molar-refractivity contribution in [2.75, 3.05) is 37.9 Å². The average molecular weight is 780 g/mol. The molecule has 1 heterocycles. The Kier molecular flexibility index (Phi) is 21.7. The molecule has 1 saturated heterocycles. The highest BCUT2D eigenvalue weighted by Gasteiger charge is 2.46. The van der Waals surface area contributed by atoms with E-state index in [-0.39, 0.29) is 37.4 Å². The van der Waals surface area contributed by atoms with Crippen molar-refractivity contribution in [3.8, 4) is 0 Å². The van der Waals surface area contributed by atoms with Crippen LogP contribution < -0.4 is 21.3 Å². The number of aliphatic hydroxyl groups excluding tert-OH is 3. The number of nitrogens with zero attached hydrogens (tertiary/aromatic N) is 1. The smallest absolute Gasteiger partial charge is 0.305 e. The van der Waals surface area contributed by atoms with Gasteiger partial charge in [0.1, 0.15) is 49.8 Å². The van der Waals surface area contributed by atoms with Gasteiger partial charge in [-0.25, -0.2) is 0 Å². The number of esters is 2. The first-order chi connectivity index (χ1) is 25.0. The summed E-state index contributed by atoms with van der Waals surface area (Å²) in [6, 6.07) is -2.38. The molecule has 0 aromatic heterocycles. The summed E-state index contributed by atoms with van der Waals surface area (Å²) < 4.78 is 21.6. The Bertz CT molecular complexity index is 1270. The molecule has 302 valence electrons. The first-order valence-electron chi connectivity index (χ1n) is 17.1. The lowest BCUT2D eigenvalue weighted by Gasteiger charge is -2.43. The van der Waals surface area contributed by atoms with E-state index in [0.717, 1.165) is 30.5 Å². The third-order valence-electron chi connectivity index (χ3n) is 7.58. The Labute approximate surface area is 311 Å². The normalized spacial score (nSPS) is 21.2. The second-order valence-electron chi connectivity index (χ2n) is 11.8. The Hall–Kier alpha value is -3.89. The highest BCUT2D eigenvalue weighted by Crippen LogP contribution is 2.24. The fourth-order valence-corrected chi connectivity index (χ4v) is 5.72. The Morgan fingerprint density at radius 3 is 2.08 bits per heavy atom. The highest BCUT2D eigenvalue weighted by molar-refractivity contribution is 7.99. The second kappa shape index (κ2) is 24.4. The summed E-state index contributed by atoms with van der Waals surface area (Å²) in [7, 11) is 0. The van der Waals surface area contributed by atoms with Crippen LogP contribution in [-0.4, -0.2) is 154 Å². The molecule has 0 aromatic rings. The number of ketones is 1. The molecule has 1 aliphatic rings. The van der Waals surface area contributed by atoms with Crippen LogP contribution in [-0.2, 0) is 57.3 Å². The van der Waals surface area contributed by atoms with Crippen molar-refractivity contribution in [1.29, 1.82) is 0 Å². The minimum Gasteiger partial charge on any atom is -0.462 e. The summed E-state index contributed by atoms with van der Waals surface area (Å²) in [6.45, 7) is 6.57. The molecule has 2 unspecified atom stereocenters. The molecular weight excluding hydrogens is 726 g/mol. The van der Waals surface area contributed by atoms with Gasteiger partial charge in [-0.15, -0.1) is 0 Å². The number of ether oxygens (including phenoxy) is 4. The predicted molar refractivity (Wildman–Crippen MR) is 185 cm³/mol. The van der Waals surface area contributed by atoms with Crippen LogP contribution in [0.2, 0.25) is 0 Å². The summed E-state index contributed by atoms with van der Waals surface area (Å²) in [6.07, 6.45) is -8.25. The van der Waals surface area contributed by atoms with E-state index in [1.54, 1.807) is 20.8 Å². The van der Waals surface area contributed by atoms with Crippen molar-refractivity contribution in [1.82, 2.24) is 26.2 Å². The van der Waals surface area contributed by atoms with Gasteiger partial charge in [-0.05, 0) is 6.92 Å². The zero-order valence-electron chi connectivity index (χ0n) is 30.8. The van der Waals surface area contributed by atoms with E-state index in [9.17, 15) is 53.7 Å². The summed E-state index contributed by atoms with van der Waals surface area (Å²) >= 11 is 1.14. The highest BCUT2D eigenvalue weighted by atomic mass is 32.2. The molecule has 0 radical (unpaired) electrons. The largest absolute Gasteiger partial charge is 0.462 e. The Balaban J connectivity index is 2.76. The van der Waals surface area contributed by atoms with Gasteiger partial charge in [0.2, 0.25) is 29.5 Å². The van der Waals surface area contributed by atoms with Crippen LogP contribution in [0.3, 0.4) is 0 Å². The first-order valence-corrected chi connectivity index (χ1v) is 18.2. The molecular formula is C32H53N5O15S. The maximum absolute atomic E-state index is 13.0. The van der Waals surface area contributed by atoms with E-state index in [4.69, 9.17) is 18.9 Å². The van der Waals surface area contributed by atoms with E-state index in [0.29, 0.717) is 0 Å². The number of amides is 5. The van der Waals surface area contributed by atoms with Gasteiger partial charge in [0.15, 0.2) is 12.1 Å². The summed E-state index contributed by atoms with van der Waals surface area (Å²) in [5.74, 6) is -4.69. The fraction of sp³-hybridized carbons (Fsp3) is 0.750. The van der Waals surface area contributed by atoms with Gasteiger partial charge in [-0.2, -0.15) is 11.8 Å². The lowest BCUT2D eigenvalue weighted by Crippen LogP contribution is -2.65. The summed E-state index contributed by atoms with van der Waals surface area (Å²) in [5.41, 5.74) is 0. The van der Waals surface area contributed by atoms with Crippen LogP contribution in [0.25, 0.3) is 0 Å². The van der Waals surface area contributed by atoms with Crippen LogP contribution >= 0.6 is 11.8 Å². The molecule has 0 spiro atoms. The number of carbonyl (C=O) groups is 8. The molecule has 21 heteroatoms. The van der Waals surface area contributed by atoms with Crippen molar-refractivity contribution in [3.63, 3.8) is 0 Å². The van der Waals surface area contributed by atoms with E-state index in [1.807, 2.05) is 0 Å². The predicted octanol–water partition coefficient (Wildman–Crippen LogP) is -2.81. The number of thioether (sulfide) groups is 1. The zero-order chi connectivity index (χ0) is 40.2. The van der Waals surface area contributed by atoms with Crippen LogP contribution in [0.1, 0.15) is 67.2 Å². The van der Waals surface area contributed by atoms with Crippen molar-refractivity contribution in [2.45, 2.75) is 116 Å². The van der Waals surface area contributed by atoms with E-state index >= 15 is 0 Å². The Morgan fingerprint density at radius 1 is 0.868 bits per heavy atom. The number of aliphatic hydroxyl groups is 3. The van der Waals surface area contributed by atoms with Crippen molar-refractivity contribution in [3.05, 3.63) is 0 Å². The summed E-state index contributed by atoms with van der Waals surface area (Å²) in [5, 5.41) is 39.9. The molecule has 20 nitrogen and oxygen atoms in total. The summed E-state index contributed by atoms with van der Waals surface area (Å²) in [4.78, 5) is 98.9. The van der Waals surface area contributed by atoms with Gasteiger partial charge < -0.3 is 60.4 Å². The standard InChI is InChI=1S/C32H53N5O15S/c1-7-24(42)36-21(15-53-14-20(51-28(46)9-3)13-49-27(45)8-2)22(41)10-25(43)33-16-34-26(44)11-37(18(5)40)19(6)50-32-29(35-17(4)39)31(48)30(47)23(12-38)52-32/h19-21,23,29-32,38,47-48H,7-16H2,1-6H3,(H,33,43)(H,34,44)(H,35,39)(H,36,42)/t19-,20-,21-,23?,29?,30-,31+,32+/m0/s1. The van der Waals surface area contributed by atoms with Crippen molar-refractivity contribution >= 4 is 59.0 Å². The maximum atomic E-state index is 13.0. The quantitative estimate of drug-likeness (QED) is 0.0313. The SMILES string of the molecule is CCC(=O)N[C@@H](CSC[C@H](COC(=O)CC)OC(=O)CC)C(=O)CC(=O)NCNC(=O)CN(C(C)=O)[C@H](C)O[C@@H]1OC(CO)[C@H](O)[C@H](O)C1NC(C)=O. The second-order valence-corrected chi connectivity index (χ2v) is 12.9. The molecule has 1 aliphatic heterocycles. The van der Waals surface area contributed by atoms with Gasteiger partial charge >= 0.3 is 11.9 Å². The van der Waals surface area contributed by atoms with Crippen molar-refractivity contribution < 1.29 is 72.6 Å². The van der Waals surface area contributed by atoms with E-state index < -0.39 is 123 Å². The van der Waals surface area contributed by atoms with E-state index in [1.165, 1.54) is 6.92 Å². The minimum absolute atomic E-state index is 0.00921. The Morgan fingerprint density at radius 2 is 1.51 bits per heavy atom. The first kappa shape index (κ1) is 47.1. The molecule has 1 fully saturated rings. The number of hydrogen-bond acceptors (Lipinski definition) is 16. The lowest BCUT2D eigenvalue weighted by molar-refractivity contribution is -0.291. The molecule has 0 aromatic carbocycles. The number of nitrogens with one attached hydrogen (secondary N) is 4. The van der Waals surface area contributed by atoms with Gasteiger partial charge in [0, 0.05) is 44.6 Å². The number of carbonyl (C=O) groups excluding carboxylic acids is 8. The zero-order valence-corrected chi connectivity index (χ0v) is 31.6. The third kappa shape index (κ3) is 17.2. The monoisotopic (exact) mass is 779 g/mol. The van der Waals surface area contributed by atoms with Gasteiger partial charge in [0.25, 0.3) is 0 Å². The lowest BCUT2D eigenvalue weighted by atomic mass is 9.97. The van der Waals surface area contributed by atoms with Crippen LogP contribution in [0.15, 0.2) is 0 Å².